The van der Waals surface area contributed by atoms with Crippen molar-refractivity contribution in [3.8, 4) is 0 Å². The van der Waals surface area contributed by atoms with Crippen molar-refractivity contribution >= 4 is 17.7 Å². The van der Waals surface area contributed by atoms with E-state index in [0.29, 0.717) is 12.0 Å². The lowest BCUT2D eigenvalue weighted by molar-refractivity contribution is 0.0988. The second-order valence-electron chi connectivity index (χ2n) is 2.97. The highest BCUT2D eigenvalue weighted by Crippen LogP contribution is 2.16. The van der Waals surface area contributed by atoms with Crippen LogP contribution in [-0.4, -0.2) is 19.0 Å². The number of ketones is 1. The van der Waals surface area contributed by atoms with Crippen molar-refractivity contribution in [1.29, 1.82) is 5.41 Å². The summed E-state index contributed by atoms with van der Waals surface area (Å²) in [6, 6.07) is 5.35. The van der Waals surface area contributed by atoms with Gasteiger partial charge < -0.3 is 10.7 Å². The Morgan fingerprint density at radius 3 is 2.79 bits per heavy atom. The van der Waals surface area contributed by atoms with E-state index in [2.05, 4.69) is 5.32 Å². The van der Waals surface area contributed by atoms with Crippen molar-refractivity contribution in [2.45, 2.75) is 13.3 Å². The van der Waals surface area contributed by atoms with Crippen molar-refractivity contribution in [1.82, 2.24) is 0 Å². The molecule has 0 bridgehead atoms. The van der Waals surface area contributed by atoms with E-state index in [1.807, 2.05) is 13.0 Å². The first kappa shape index (κ1) is 10.4. The van der Waals surface area contributed by atoms with E-state index >= 15 is 0 Å². The molecule has 3 heteroatoms. The SMILES string of the molecule is CCC(=O)c1ccc(NC)c(C=N)c1. The predicted octanol–water partition coefficient (Wildman–Crippen LogP) is 2.32. The summed E-state index contributed by atoms with van der Waals surface area (Å²) in [5, 5.41) is 10.2. The Balaban J connectivity index is 3.13. The number of anilines is 1. The van der Waals surface area contributed by atoms with E-state index in [-0.39, 0.29) is 5.78 Å². The van der Waals surface area contributed by atoms with E-state index in [9.17, 15) is 4.79 Å². The molecule has 0 aliphatic rings. The van der Waals surface area contributed by atoms with Crippen LogP contribution in [0.3, 0.4) is 0 Å². The summed E-state index contributed by atoms with van der Waals surface area (Å²) in [5.41, 5.74) is 2.28. The van der Waals surface area contributed by atoms with Crippen LogP contribution in [-0.2, 0) is 0 Å². The van der Waals surface area contributed by atoms with Gasteiger partial charge in [0.05, 0.1) is 0 Å². The van der Waals surface area contributed by atoms with Crippen molar-refractivity contribution in [3.63, 3.8) is 0 Å². The van der Waals surface area contributed by atoms with Gasteiger partial charge in [-0.05, 0) is 18.2 Å². The molecule has 74 valence electrons. The third-order valence-corrected chi connectivity index (χ3v) is 2.12. The summed E-state index contributed by atoms with van der Waals surface area (Å²) >= 11 is 0. The Kier molecular flexibility index (Phi) is 3.40. The molecule has 0 amide bonds. The Labute approximate surface area is 83.7 Å². The van der Waals surface area contributed by atoms with Gasteiger partial charge in [0, 0.05) is 36.5 Å². The molecular formula is C11H14N2O. The molecule has 2 N–H and O–H groups in total. The number of hydrogen-bond donors (Lipinski definition) is 2. The standard InChI is InChI=1S/C11H14N2O/c1-3-11(14)8-4-5-10(13-2)9(6-8)7-12/h4-7,12-13H,3H2,1-2H3. The fourth-order valence-corrected chi connectivity index (χ4v) is 1.29. The minimum atomic E-state index is 0.107. The molecule has 3 nitrogen and oxygen atoms in total. The molecular weight excluding hydrogens is 176 g/mol. The monoisotopic (exact) mass is 190 g/mol. The van der Waals surface area contributed by atoms with Crippen LogP contribution >= 0.6 is 0 Å². The van der Waals surface area contributed by atoms with Crippen LogP contribution < -0.4 is 5.32 Å². The Bertz CT molecular complexity index is 358. The van der Waals surface area contributed by atoms with Crippen LogP contribution in [0, 0.1) is 5.41 Å². The fraction of sp³-hybridized carbons (Fsp3) is 0.273. The zero-order valence-electron chi connectivity index (χ0n) is 8.42. The molecule has 0 radical (unpaired) electrons. The predicted molar refractivity (Wildman–Crippen MR) is 58.5 cm³/mol. The summed E-state index contributed by atoms with van der Waals surface area (Å²) < 4.78 is 0. The number of carbonyl (C=O) groups excluding carboxylic acids is 1. The highest BCUT2D eigenvalue weighted by atomic mass is 16.1. The topological polar surface area (TPSA) is 53.0 Å². The van der Waals surface area contributed by atoms with Crippen molar-refractivity contribution < 1.29 is 4.79 Å². The number of carbonyl (C=O) groups is 1. The molecule has 0 heterocycles. The Hall–Kier alpha value is -1.64. The number of rotatable bonds is 4. The van der Waals surface area contributed by atoms with Crippen LogP contribution in [0.2, 0.25) is 0 Å². The molecule has 14 heavy (non-hydrogen) atoms. The van der Waals surface area contributed by atoms with Crippen molar-refractivity contribution in [2.24, 2.45) is 0 Å². The van der Waals surface area contributed by atoms with Gasteiger partial charge >= 0.3 is 0 Å². The number of Topliss-reactive ketones (excluding diaryl/α,β-unsaturated/α-hetero) is 1. The van der Waals surface area contributed by atoms with Crippen molar-refractivity contribution in [3.05, 3.63) is 29.3 Å². The maximum Gasteiger partial charge on any atom is 0.162 e. The summed E-state index contributed by atoms with van der Waals surface area (Å²) in [7, 11) is 1.80. The van der Waals surface area contributed by atoms with Crippen LogP contribution in [0.15, 0.2) is 18.2 Å². The van der Waals surface area contributed by atoms with Gasteiger partial charge in [-0.15, -0.1) is 0 Å². The molecule has 1 aromatic carbocycles. The fourth-order valence-electron chi connectivity index (χ4n) is 1.29. The second kappa shape index (κ2) is 4.56. The number of hydrogen-bond acceptors (Lipinski definition) is 3. The molecule has 0 aliphatic carbocycles. The first-order valence-corrected chi connectivity index (χ1v) is 4.58. The molecule has 0 unspecified atom stereocenters. The summed E-state index contributed by atoms with van der Waals surface area (Å²) in [6.45, 7) is 1.83. The highest BCUT2D eigenvalue weighted by molar-refractivity contribution is 5.99. The average molecular weight is 190 g/mol. The lowest BCUT2D eigenvalue weighted by Gasteiger charge is -2.06. The first-order valence-electron chi connectivity index (χ1n) is 4.58. The molecule has 1 aromatic rings. The van der Waals surface area contributed by atoms with Gasteiger partial charge in [-0.1, -0.05) is 6.92 Å². The average Bonchev–Trinajstić information content (AvgIpc) is 2.26. The molecule has 0 aromatic heterocycles. The lowest BCUT2D eigenvalue weighted by atomic mass is 10.0. The molecule has 0 aliphatic heterocycles. The third kappa shape index (κ3) is 1.99. The second-order valence-corrected chi connectivity index (χ2v) is 2.97. The van der Waals surface area contributed by atoms with Gasteiger partial charge in [-0.25, -0.2) is 0 Å². The molecule has 0 atom stereocenters. The number of benzene rings is 1. The zero-order valence-corrected chi connectivity index (χ0v) is 8.42. The van der Waals surface area contributed by atoms with E-state index in [1.54, 1.807) is 19.2 Å². The number of nitrogens with one attached hydrogen (secondary N) is 2. The Morgan fingerprint density at radius 1 is 1.57 bits per heavy atom. The van der Waals surface area contributed by atoms with Crippen LogP contribution in [0.25, 0.3) is 0 Å². The molecule has 1 rings (SSSR count). The first-order chi connectivity index (χ1) is 6.72. The van der Waals surface area contributed by atoms with Crippen molar-refractivity contribution in [2.75, 3.05) is 12.4 Å². The quantitative estimate of drug-likeness (QED) is 0.565. The zero-order chi connectivity index (χ0) is 10.6. The summed E-state index contributed by atoms with van der Waals surface area (Å²) in [4.78, 5) is 11.4. The van der Waals surface area contributed by atoms with Crippen LogP contribution in [0.5, 0.6) is 0 Å². The lowest BCUT2D eigenvalue weighted by Crippen LogP contribution is -2.00. The summed E-state index contributed by atoms with van der Waals surface area (Å²) in [5.74, 6) is 0.107. The highest BCUT2D eigenvalue weighted by Gasteiger charge is 2.05. The van der Waals surface area contributed by atoms with E-state index in [0.717, 1.165) is 11.3 Å². The summed E-state index contributed by atoms with van der Waals surface area (Å²) in [6.07, 6.45) is 1.74. The minimum absolute atomic E-state index is 0.107. The normalized spacial score (nSPS) is 9.57. The van der Waals surface area contributed by atoms with Crippen LogP contribution in [0.4, 0.5) is 5.69 Å². The van der Waals surface area contributed by atoms with E-state index in [4.69, 9.17) is 5.41 Å². The van der Waals surface area contributed by atoms with E-state index < -0.39 is 0 Å². The van der Waals surface area contributed by atoms with Gasteiger partial charge in [0.15, 0.2) is 5.78 Å². The molecule has 0 saturated heterocycles. The van der Waals surface area contributed by atoms with Gasteiger partial charge in [-0.2, -0.15) is 0 Å². The van der Waals surface area contributed by atoms with Gasteiger partial charge in [0.1, 0.15) is 0 Å². The molecule has 0 fully saturated rings. The molecule has 0 saturated carbocycles. The largest absolute Gasteiger partial charge is 0.388 e. The maximum absolute atomic E-state index is 11.4. The van der Waals surface area contributed by atoms with E-state index in [1.165, 1.54) is 6.21 Å². The van der Waals surface area contributed by atoms with Crippen LogP contribution in [0.1, 0.15) is 29.3 Å². The smallest absolute Gasteiger partial charge is 0.162 e. The third-order valence-electron chi connectivity index (χ3n) is 2.12. The van der Waals surface area contributed by atoms with Gasteiger partial charge in [-0.3, -0.25) is 4.79 Å². The Morgan fingerprint density at radius 2 is 2.29 bits per heavy atom. The van der Waals surface area contributed by atoms with Gasteiger partial charge in [0.25, 0.3) is 0 Å². The van der Waals surface area contributed by atoms with Gasteiger partial charge in [0.2, 0.25) is 0 Å². The molecule has 0 spiro atoms. The minimum Gasteiger partial charge on any atom is -0.388 e. The maximum atomic E-state index is 11.4.